The van der Waals surface area contributed by atoms with Gasteiger partial charge in [0.2, 0.25) is 0 Å². The van der Waals surface area contributed by atoms with E-state index in [2.05, 4.69) is 64.4 Å². The first-order valence-electron chi connectivity index (χ1n) is 4.79. The van der Waals surface area contributed by atoms with Gasteiger partial charge in [0, 0.05) is 13.2 Å². The maximum Gasteiger partial charge on any atom is 0.198 e. The van der Waals surface area contributed by atoms with E-state index in [9.17, 15) is 0 Å². The molecule has 0 bridgehead atoms. The molecule has 8 heteroatoms. The third kappa shape index (κ3) is 2.86. The zero-order chi connectivity index (χ0) is 13.3. The van der Waals surface area contributed by atoms with Crippen molar-refractivity contribution in [1.82, 2.24) is 9.97 Å². The minimum Gasteiger partial charge on any atom is -0.445 e. The minimum absolute atomic E-state index is 0.376. The first-order valence-corrected chi connectivity index (χ1v) is 7.45. The third-order valence-corrected chi connectivity index (χ3v) is 4.98. The highest BCUT2D eigenvalue weighted by Gasteiger charge is 2.15. The van der Waals surface area contributed by atoms with Crippen LogP contribution in [-0.4, -0.2) is 17.1 Å². The number of halogens is 3. The van der Waals surface area contributed by atoms with E-state index >= 15 is 0 Å². The molecule has 5 nitrogen and oxygen atoms in total. The van der Waals surface area contributed by atoms with E-state index < -0.39 is 0 Å². The highest BCUT2D eigenvalue weighted by atomic mass is 127. The Morgan fingerprint density at radius 3 is 2.72 bits per heavy atom. The van der Waals surface area contributed by atoms with Gasteiger partial charge in [-0.3, -0.25) is 0 Å². The predicted octanol–water partition coefficient (Wildman–Crippen LogP) is 3.59. The van der Waals surface area contributed by atoms with Gasteiger partial charge in [0.05, 0.1) is 20.3 Å². The van der Waals surface area contributed by atoms with Crippen LogP contribution >= 0.6 is 54.5 Å². The van der Waals surface area contributed by atoms with Crippen molar-refractivity contribution in [3.8, 4) is 11.6 Å². The van der Waals surface area contributed by atoms with E-state index in [1.807, 2.05) is 0 Å². The molecule has 2 rings (SSSR count). The average Bonchev–Trinajstić information content (AvgIpc) is 2.65. The molecule has 0 fully saturated rings. The number of aromatic nitrogens is 2. The molecular formula is C10H8Br2IN3O2. The Morgan fingerprint density at radius 1 is 1.44 bits per heavy atom. The van der Waals surface area contributed by atoms with Crippen molar-refractivity contribution < 1.29 is 9.15 Å². The van der Waals surface area contributed by atoms with Crippen molar-refractivity contribution >= 4 is 60.3 Å². The summed E-state index contributed by atoms with van der Waals surface area (Å²) in [5, 5.41) is 0. The van der Waals surface area contributed by atoms with E-state index in [-0.39, 0.29) is 0 Å². The standard InChI is InChI=1S/C10H8Br2IN3O2/c1-17-3-5-7(13)9(14)16-10(15-5)6-2-4(11)8(12)18-6/h2H,3H2,1H3,(H2,14,15,16). The summed E-state index contributed by atoms with van der Waals surface area (Å²) < 4.78 is 12.7. The first-order chi connectivity index (χ1) is 8.52. The minimum atomic E-state index is 0.376. The molecule has 2 heterocycles. The topological polar surface area (TPSA) is 74.2 Å². The summed E-state index contributed by atoms with van der Waals surface area (Å²) in [7, 11) is 1.61. The van der Waals surface area contributed by atoms with Crippen molar-refractivity contribution in [2.24, 2.45) is 0 Å². The quantitative estimate of drug-likeness (QED) is 0.668. The van der Waals surface area contributed by atoms with Gasteiger partial charge in [-0.25, -0.2) is 9.97 Å². The zero-order valence-electron chi connectivity index (χ0n) is 9.21. The van der Waals surface area contributed by atoms with Crippen LogP contribution in [-0.2, 0) is 11.3 Å². The summed E-state index contributed by atoms with van der Waals surface area (Å²) in [6, 6.07) is 1.78. The molecule has 18 heavy (non-hydrogen) atoms. The molecule has 0 aliphatic carbocycles. The van der Waals surface area contributed by atoms with E-state index in [0.29, 0.717) is 28.7 Å². The SMILES string of the molecule is COCc1nc(-c2cc(Br)c(Br)o2)nc(N)c1I. The molecule has 0 aromatic carbocycles. The van der Waals surface area contributed by atoms with E-state index in [1.165, 1.54) is 0 Å². The van der Waals surface area contributed by atoms with E-state index in [0.717, 1.165) is 13.7 Å². The number of methoxy groups -OCH3 is 1. The van der Waals surface area contributed by atoms with Crippen LogP contribution in [0.3, 0.4) is 0 Å². The fraction of sp³-hybridized carbons (Fsp3) is 0.200. The molecule has 0 aliphatic heterocycles. The molecular weight excluding hydrogens is 481 g/mol. The maximum absolute atomic E-state index is 5.85. The summed E-state index contributed by atoms with van der Waals surface area (Å²) in [6.07, 6.45) is 0. The number of hydrogen-bond donors (Lipinski definition) is 1. The van der Waals surface area contributed by atoms with Gasteiger partial charge in [0.15, 0.2) is 16.3 Å². The molecule has 2 N–H and O–H groups in total. The van der Waals surface area contributed by atoms with Gasteiger partial charge in [-0.15, -0.1) is 0 Å². The molecule has 0 saturated carbocycles. The van der Waals surface area contributed by atoms with Crippen LogP contribution < -0.4 is 5.73 Å². The third-order valence-electron chi connectivity index (χ3n) is 2.09. The highest BCUT2D eigenvalue weighted by Crippen LogP contribution is 2.32. The number of nitrogens with two attached hydrogens (primary N) is 1. The van der Waals surface area contributed by atoms with Crippen LogP contribution in [0.15, 0.2) is 19.6 Å². The summed E-state index contributed by atoms with van der Waals surface area (Å²) in [4.78, 5) is 8.60. The Morgan fingerprint density at radius 2 is 2.17 bits per heavy atom. The Hall–Kier alpha value is -0.190. The van der Waals surface area contributed by atoms with E-state index in [1.54, 1.807) is 13.2 Å². The van der Waals surface area contributed by atoms with Crippen molar-refractivity contribution in [2.75, 3.05) is 12.8 Å². The van der Waals surface area contributed by atoms with Gasteiger partial charge in [0.1, 0.15) is 5.82 Å². The Balaban J connectivity index is 2.51. The van der Waals surface area contributed by atoms with Gasteiger partial charge in [-0.05, 0) is 54.5 Å². The predicted molar refractivity (Wildman–Crippen MR) is 83.0 cm³/mol. The molecule has 0 spiro atoms. The molecule has 0 unspecified atom stereocenters. The van der Waals surface area contributed by atoms with Crippen LogP contribution in [0.25, 0.3) is 11.6 Å². The highest BCUT2D eigenvalue weighted by molar-refractivity contribution is 14.1. The van der Waals surface area contributed by atoms with Gasteiger partial charge < -0.3 is 14.9 Å². The average molecular weight is 489 g/mol. The van der Waals surface area contributed by atoms with Gasteiger partial charge in [-0.1, -0.05) is 0 Å². The maximum atomic E-state index is 5.85. The van der Waals surface area contributed by atoms with Crippen LogP contribution in [0.4, 0.5) is 5.82 Å². The lowest BCUT2D eigenvalue weighted by Gasteiger charge is -2.06. The first kappa shape index (κ1) is 14.2. The molecule has 0 atom stereocenters. The van der Waals surface area contributed by atoms with E-state index in [4.69, 9.17) is 14.9 Å². The monoisotopic (exact) mass is 487 g/mol. The molecule has 0 amide bonds. The molecule has 96 valence electrons. The van der Waals surface area contributed by atoms with Crippen LogP contribution in [0.2, 0.25) is 0 Å². The number of nitrogens with zero attached hydrogens (tertiary/aromatic N) is 2. The summed E-state index contributed by atoms with van der Waals surface area (Å²) in [5.74, 6) is 1.39. The molecule has 0 saturated heterocycles. The smallest absolute Gasteiger partial charge is 0.198 e. The molecule has 0 aliphatic rings. The second-order valence-electron chi connectivity index (χ2n) is 3.36. The van der Waals surface area contributed by atoms with Crippen molar-refractivity contribution in [2.45, 2.75) is 6.61 Å². The Bertz CT molecular complexity index is 569. The Labute approximate surface area is 134 Å². The number of anilines is 1. The van der Waals surface area contributed by atoms with Crippen LogP contribution in [0.5, 0.6) is 0 Å². The zero-order valence-corrected chi connectivity index (χ0v) is 14.5. The van der Waals surface area contributed by atoms with Crippen molar-refractivity contribution in [3.63, 3.8) is 0 Å². The van der Waals surface area contributed by atoms with Crippen LogP contribution in [0.1, 0.15) is 5.69 Å². The van der Waals surface area contributed by atoms with Crippen LogP contribution in [0, 0.1) is 3.57 Å². The summed E-state index contributed by atoms with van der Waals surface area (Å²) in [6.45, 7) is 0.376. The van der Waals surface area contributed by atoms with Crippen molar-refractivity contribution in [1.29, 1.82) is 0 Å². The lowest BCUT2D eigenvalue weighted by molar-refractivity contribution is 0.181. The summed E-state index contributed by atoms with van der Waals surface area (Å²) >= 11 is 8.71. The second-order valence-corrected chi connectivity index (χ2v) is 6.01. The molecule has 2 aromatic heterocycles. The molecule has 2 aromatic rings. The number of nitrogen functional groups attached to an aromatic ring is 1. The lowest BCUT2D eigenvalue weighted by Crippen LogP contribution is -2.05. The lowest BCUT2D eigenvalue weighted by atomic mass is 10.3. The fourth-order valence-corrected chi connectivity index (χ4v) is 2.29. The number of ether oxygens (including phenoxy) is 1. The Kier molecular flexibility index (Phi) is 4.62. The van der Waals surface area contributed by atoms with Gasteiger partial charge >= 0.3 is 0 Å². The van der Waals surface area contributed by atoms with Gasteiger partial charge in [0.25, 0.3) is 0 Å². The van der Waals surface area contributed by atoms with Gasteiger partial charge in [-0.2, -0.15) is 0 Å². The number of hydrogen-bond acceptors (Lipinski definition) is 5. The molecule has 0 radical (unpaired) electrons. The second kappa shape index (κ2) is 5.85. The number of rotatable bonds is 3. The largest absolute Gasteiger partial charge is 0.445 e. The normalized spacial score (nSPS) is 10.9. The fourth-order valence-electron chi connectivity index (χ4n) is 1.31. The van der Waals surface area contributed by atoms with Crippen molar-refractivity contribution in [3.05, 3.63) is 24.5 Å². The number of furan rings is 1. The summed E-state index contributed by atoms with van der Waals surface area (Å²) in [5.41, 5.74) is 6.59.